The molecule has 4 rings (SSSR count). The van der Waals surface area contributed by atoms with Crippen LogP contribution in [0.5, 0.6) is 0 Å². The van der Waals surface area contributed by atoms with Gasteiger partial charge in [-0.1, -0.05) is 29.8 Å². The average Bonchev–Trinajstić information content (AvgIpc) is 3.29. The molecule has 0 saturated carbocycles. The Morgan fingerprint density at radius 2 is 1.90 bits per heavy atom. The molecule has 7 nitrogen and oxygen atoms in total. The van der Waals surface area contributed by atoms with Gasteiger partial charge in [-0.3, -0.25) is 14.5 Å². The molecule has 1 aromatic carbocycles. The second-order valence-corrected chi connectivity index (χ2v) is 7.59. The highest BCUT2D eigenvalue weighted by molar-refractivity contribution is 5.99. The van der Waals surface area contributed by atoms with Gasteiger partial charge in [0.2, 0.25) is 5.91 Å². The molecule has 1 aliphatic rings. The molecule has 2 aromatic heterocycles. The smallest absolute Gasteiger partial charge is 0.268 e. The monoisotopic (exact) mass is 394 g/mol. The quantitative estimate of drug-likeness (QED) is 0.720. The van der Waals surface area contributed by atoms with E-state index in [1.165, 1.54) is 11.1 Å². The summed E-state index contributed by atoms with van der Waals surface area (Å²) in [6, 6.07) is 12.0. The number of piperazine rings is 1. The van der Waals surface area contributed by atoms with Crippen LogP contribution >= 0.6 is 0 Å². The molecule has 1 saturated heterocycles. The van der Waals surface area contributed by atoms with E-state index in [2.05, 4.69) is 41.4 Å². The minimum atomic E-state index is -0.273. The number of aromatic nitrogens is 1. The lowest BCUT2D eigenvalue weighted by molar-refractivity contribution is -0.131. The summed E-state index contributed by atoms with van der Waals surface area (Å²) in [6.45, 7) is 6.03. The number of aryl methyl sites for hydroxylation is 2. The molecule has 0 spiro atoms. The topological polar surface area (TPSA) is 70.7 Å². The molecule has 0 unspecified atom stereocenters. The van der Waals surface area contributed by atoms with Crippen LogP contribution in [-0.4, -0.2) is 58.9 Å². The minimum Gasteiger partial charge on any atom is -0.463 e. The maximum Gasteiger partial charge on any atom is 0.268 e. The van der Waals surface area contributed by atoms with E-state index in [1.807, 2.05) is 18.0 Å². The van der Waals surface area contributed by atoms with Crippen molar-refractivity contribution in [2.45, 2.75) is 13.5 Å². The number of carbonyl (C=O) groups is 2. The standard InChI is InChI=1S/C22H26N4O3/c1-16-4-3-5-17(12-16)15-25-7-9-26(10-8-25)21(27)14-23-22(28)19-13-20-18(24(19)2)6-11-29-20/h3-6,11-13H,7-10,14-15H2,1-2H3,(H,23,28). The molecule has 0 bridgehead atoms. The first-order valence-electron chi connectivity index (χ1n) is 9.88. The summed E-state index contributed by atoms with van der Waals surface area (Å²) in [5, 5.41) is 2.74. The van der Waals surface area contributed by atoms with Crippen molar-refractivity contribution in [2.75, 3.05) is 32.7 Å². The van der Waals surface area contributed by atoms with Gasteiger partial charge in [0, 0.05) is 51.9 Å². The molecule has 0 aliphatic carbocycles. The van der Waals surface area contributed by atoms with Crippen LogP contribution in [0.25, 0.3) is 11.1 Å². The summed E-state index contributed by atoms with van der Waals surface area (Å²) in [7, 11) is 1.81. The van der Waals surface area contributed by atoms with Crippen LogP contribution in [0.3, 0.4) is 0 Å². The largest absolute Gasteiger partial charge is 0.463 e. The van der Waals surface area contributed by atoms with Gasteiger partial charge in [0.15, 0.2) is 5.58 Å². The lowest BCUT2D eigenvalue weighted by atomic mass is 10.1. The van der Waals surface area contributed by atoms with E-state index >= 15 is 0 Å². The number of amides is 2. The molecule has 0 radical (unpaired) electrons. The average molecular weight is 394 g/mol. The lowest BCUT2D eigenvalue weighted by Gasteiger charge is -2.34. The first kappa shape index (κ1) is 19.3. The zero-order chi connectivity index (χ0) is 20.4. The van der Waals surface area contributed by atoms with E-state index in [-0.39, 0.29) is 18.4 Å². The number of hydrogen-bond donors (Lipinski definition) is 1. The Labute approximate surface area is 169 Å². The fourth-order valence-electron chi connectivity index (χ4n) is 3.85. The third-order valence-corrected chi connectivity index (χ3v) is 5.51. The number of hydrogen-bond acceptors (Lipinski definition) is 4. The van der Waals surface area contributed by atoms with Crippen molar-refractivity contribution in [3.8, 4) is 0 Å². The SMILES string of the molecule is Cc1cccc(CN2CCN(C(=O)CNC(=O)c3cc4occc4n3C)CC2)c1. The molecule has 3 heterocycles. The Kier molecular flexibility index (Phi) is 5.40. The summed E-state index contributed by atoms with van der Waals surface area (Å²) in [6.07, 6.45) is 1.59. The van der Waals surface area contributed by atoms with Gasteiger partial charge in [-0.2, -0.15) is 0 Å². The molecule has 29 heavy (non-hydrogen) atoms. The van der Waals surface area contributed by atoms with E-state index < -0.39 is 0 Å². The van der Waals surface area contributed by atoms with Crippen molar-refractivity contribution in [1.82, 2.24) is 19.7 Å². The highest BCUT2D eigenvalue weighted by Crippen LogP contribution is 2.19. The second-order valence-electron chi connectivity index (χ2n) is 7.59. The van der Waals surface area contributed by atoms with Gasteiger partial charge in [0.25, 0.3) is 5.91 Å². The lowest BCUT2D eigenvalue weighted by Crippen LogP contribution is -2.50. The van der Waals surface area contributed by atoms with Gasteiger partial charge < -0.3 is 19.2 Å². The number of fused-ring (bicyclic) bond motifs is 1. The van der Waals surface area contributed by atoms with Gasteiger partial charge >= 0.3 is 0 Å². The van der Waals surface area contributed by atoms with Crippen molar-refractivity contribution in [3.63, 3.8) is 0 Å². The first-order chi connectivity index (χ1) is 14.0. The summed E-state index contributed by atoms with van der Waals surface area (Å²) in [4.78, 5) is 29.1. The molecule has 7 heteroatoms. The van der Waals surface area contributed by atoms with Crippen LogP contribution in [0.4, 0.5) is 0 Å². The molecule has 3 aromatic rings. The van der Waals surface area contributed by atoms with Crippen molar-refractivity contribution in [1.29, 1.82) is 0 Å². The van der Waals surface area contributed by atoms with Crippen LogP contribution in [0.2, 0.25) is 0 Å². The fraction of sp³-hybridized carbons (Fsp3) is 0.364. The summed E-state index contributed by atoms with van der Waals surface area (Å²) in [5.41, 5.74) is 4.55. The Morgan fingerprint density at radius 1 is 1.10 bits per heavy atom. The zero-order valence-electron chi connectivity index (χ0n) is 16.9. The highest BCUT2D eigenvalue weighted by Gasteiger charge is 2.22. The van der Waals surface area contributed by atoms with Gasteiger partial charge in [-0.05, 0) is 12.5 Å². The molecule has 1 N–H and O–H groups in total. The van der Waals surface area contributed by atoms with Crippen LogP contribution in [0.1, 0.15) is 21.6 Å². The van der Waals surface area contributed by atoms with E-state index in [1.54, 1.807) is 16.9 Å². The van der Waals surface area contributed by atoms with Gasteiger partial charge in [0.1, 0.15) is 5.69 Å². The number of rotatable bonds is 5. The van der Waals surface area contributed by atoms with Crippen molar-refractivity contribution in [2.24, 2.45) is 7.05 Å². The summed E-state index contributed by atoms with van der Waals surface area (Å²) >= 11 is 0. The Morgan fingerprint density at radius 3 is 2.62 bits per heavy atom. The molecule has 152 valence electrons. The number of carbonyl (C=O) groups excluding carboxylic acids is 2. The Bertz CT molecular complexity index is 1030. The first-order valence-corrected chi connectivity index (χ1v) is 9.88. The number of benzene rings is 1. The Hall–Kier alpha value is -3.06. The fourth-order valence-corrected chi connectivity index (χ4v) is 3.85. The van der Waals surface area contributed by atoms with Crippen LogP contribution < -0.4 is 5.32 Å². The van der Waals surface area contributed by atoms with E-state index in [9.17, 15) is 9.59 Å². The maximum absolute atomic E-state index is 12.5. The third-order valence-electron chi connectivity index (χ3n) is 5.51. The van der Waals surface area contributed by atoms with E-state index in [0.29, 0.717) is 24.4 Å². The third kappa shape index (κ3) is 4.19. The van der Waals surface area contributed by atoms with E-state index in [4.69, 9.17) is 4.42 Å². The molecule has 1 fully saturated rings. The predicted octanol–water partition coefficient (Wildman–Crippen LogP) is 2.15. The molecule has 0 atom stereocenters. The summed E-state index contributed by atoms with van der Waals surface area (Å²) in [5.74, 6) is -0.322. The van der Waals surface area contributed by atoms with E-state index in [0.717, 1.165) is 25.2 Å². The maximum atomic E-state index is 12.5. The molecular weight excluding hydrogens is 368 g/mol. The van der Waals surface area contributed by atoms with Crippen molar-refractivity contribution >= 4 is 22.9 Å². The van der Waals surface area contributed by atoms with Crippen molar-refractivity contribution < 1.29 is 14.0 Å². The highest BCUT2D eigenvalue weighted by atomic mass is 16.3. The zero-order valence-corrected chi connectivity index (χ0v) is 16.9. The number of nitrogens with one attached hydrogen (secondary N) is 1. The number of nitrogens with zero attached hydrogens (tertiary/aromatic N) is 3. The molecule has 1 aliphatic heterocycles. The van der Waals surface area contributed by atoms with Crippen LogP contribution in [-0.2, 0) is 18.4 Å². The molecule has 2 amide bonds. The minimum absolute atomic E-state index is 0.00323. The van der Waals surface area contributed by atoms with Gasteiger partial charge in [0.05, 0.1) is 18.3 Å². The Balaban J connectivity index is 1.26. The van der Waals surface area contributed by atoms with Crippen LogP contribution in [0, 0.1) is 6.92 Å². The van der Waals surface area contributed by atoms with Gasteiger partial charge in [-0.15, -0.1) is 0 Å². The van der Waals surface area contributed by atoms with Gasteiger partial charge in [-0.25, -0.2) is 0 Å². The summed E-state index contributed by atoms with van der Waals surface area (Å²) < 4.78 is 7.10. The van der Waals surface area contributed by atoms with Crippen molar-refractivity contribution in [3.05, 3.63) is 59.5 Å². The predicted molar refractivity (Wildman–Crippen MR) is 111 cm³/mol. The normalized spacial score (nSPS) is 15.0. The number of furan rings is 1. The second kappa shape index (κ2) is 8.13. The molecular formula is C22H26N4O3. The van der Waals surface area contributed by atoms with Crippen LogP contribution in [0.15, 0.2) is 47.1 Å².